The summed E-state index contributed by atoms with van der Waals surface area (Å²) < 4.78 is 5.38. The maximum atomic E-state index is 5.38. The van der Waals surface area contributed by atoms with Gasteiger partial charge in [0.15, 0.2) is 5.96 Å². The SMILES string of the molecule is C=CCNC(=NCC(c1cccc(OC)c1)N(CC)CC)NCC.I. The van der Waals surface area contributed by atoms with Crippen molar-refractivity contribution in [2.45, 2.75) is 26.8 Å². The van der Waals surface area contributed by atoms with Gasteiger partial charge in [0, 0.05) is 13.1 Å². The Labute approximate surface area is 169 Å². The Morgan fingerprint density at radius 2 is 2.00 bits per heavy atom. The lowest BCUT2D eigenvalue weighted by atomic mass is 10.0. The van der Waals surface area contributed by atoms with E-state index in [0.717, 1.165) is 31.3 Å². The van der Waals surface area contributed by atoms with Gasteiger partial charge in [-0.15, -0.1) is 30.6 Å². The van der Waals surface area contributed by atoms with Crippen molar-refractivity contribution in [2.24, 2.45) is 4.99 Å². The average Bonchev–Trinajstić information content (AvgIpc) is 2.62. The van der Waals surface area contributed by atoms with Gasteiger partial charge in [-0.05, 0) is 37.7 Å². The molecular weight excluding hydrogens is 427 g/mol. The molecule has 0 radical (unpaired) electrons. The number of hydrogen-bond acceptors (Lipinski definition) is 3. The van der Waals surface area contributed by atoms with Crippen LogP contribution in [0.3, 0.4) is 0 Å². The van der Waals surface area contributed by atoms with E-state index in [0.29, 0.717) is 13.1 Å². The van der Waals surface area contributed by atoms with Crippen LogP contribution in [0.4, 0.5) is 0 Å². The molecule has 0 spiro atoms. The molecule has 1 rings (SSSR count). The predicted molar refractivity (Wildman–Crippen MR) is 118 cm³/mol. The van der Waals surface area contributed by atoms with Crippen LogP contribution in [-0.2, 0) is 0 Å². The summed E-state index contributed by atoms with van der Waals surface area (Å²) >= 11 is 0. The number of aliphatic imine (C=N–C) groups is 1. The highest BCUT2D eigenvalue weighted by molar-refractivity contribution is 14.0. The Kier molecular flexibility index (Phi) is 13.2. The molecule has 0 saturated heterocycles. The van der Waals surface area contributed by atoms with Crippen LogP contribution in [0.1, 0.15) is 32.4 Å². The van der Waals surface area contributed by atoms with Gasteiger partial charge in [-0.2, -0.15) is 0 Å². The van der Waals surface area contributed by atoms with E-state index >= 15 is 0 Å². The zero-order valence-electron chi connectivity index (χ0n) is 15.9. The number of rotatable bonds is 10. The number of nitrogens with one attached hydrogen (secondary N) is 2. The highest BCUT2D eigenvalue weighted by Gasteiger charge is 2.18. The first-order valence-corrected chi connectivity index (χ1v) is 8.71. The average molecular weight is 460 g/mol. The summed E-state index contributed by atoms with van der Waals surface area (Å²) in [7, 11) is 1.70. The van der Waals surface area contributed by atoms with E-state index in [1.165, 1.54) is 5.56 Å². The molecule has 0 bridgehead atoms. The number of nitrogens with zero attached hydrogens (tertiary/aromatic N) is 2. The zero-order chi connectivity index (χ0) is 17.8. The molecule has 0 amide bonds. The highest BCUT2D eigenvalue weighted by Crippen LogP contribution is 2.24. The lowest BCUT2D eigenvalue weighted by Crippen LogP contribution is -2.38. The van der Waals surface area contributed by atoms with E-state index in [1.54, 1.807) is 7.11 Å². The Hall–Kier alpha value is -1.28. The lowest BCUT2D eigenvalue weighted by Gasteiger charge is -2.29. The molecule has 0 aliphatic carbocycles. The van der Waals surface area contributed by atoms with Gasteiger partial charge in [0.1, 0.15) is 5.75 Å². The predicted octanol–water partition coefficient (Wildman–Crippen LogP) is 3.44. The minimum atomic E-state index is 0. The first-order valence-electron chi connectivity index (χ1n) is 8.71. The van der Waals surface area contributed by atoms with Crippen LogP contribution in [0.2, 0.25) is 0 Å². The summed E-state index contributed by atoms with van der Waals surface area (Å²) in [5.74, 6) is 1.70. The second-order valence-corrected chi connectivity index (χ2v) is 5.40. The summed E-state index contributed by atoms with van der Waals surface area (Å²) in [5, 5.41) is 6.52. The van der Waals surface area contributed by atoms with Crippen LogP contribution in [-0.4, -0.2) is 50.7 Å². The largest absolute Gasteiger partial charge is 0.497 e. The molecule has 0 aliphatic heterocycles. The van der Waals surface area contributed by atoms with E-state index in [9.17, 15) is 0 Å². The minimum absolute atomic E-state index is 0. The molecule has 0 heterocycles. The molecule has 0 aromatic heterocycles. The molecular formula is C19H33IN4O. The number of ether oxygens (including phenoxy) is 1. The smallest absolute Gasteiger partial charge is 0.191 e. The van der Waals surface area contributed by atoms with E-state index in [1.807, 2.05) is 18.2 Å². The van der Waals surface area contributed by atoms with Gasteiger partial charge in [-0.25, -0.2) is 0 Å². The van der Waals surface area contributed by atoms with Gasteiger partial charge in [-0.1, -0.05) is 32.1 Å². The molecule has 142 valence electrons. The highest BCUT2D eigenvalue weighted by atomic mass is 127. The molecule has 1 unspecified atom stereocenters. The van der Waals surface area contributed by atoms with Gasteiger partial charge < -0.3 is 15.4 Å². The zero-order valence-corrected chi connectivity index (χ0v) is 18.2. The maximum absolute atomic E-state index is 5.38. The molecule has 0 saturated carbocycles. The van der Waals surface area contributed by atoms with Crippen molar-refractivity contribution >= 4 is 29.9 Å². The fraction of sp³-hybridized carbons (Fsp3) is 0.526. The third kappa shape index (κ3) is 8.09. The Balaban J connectivity index is 0.00000576. The van der Waals surface area contributed by atoms with Crippen LogP contribution >= 0.6 is 24.0 Å². The number of hydrogen-bond donors (Lipinski definition) is 2. The lowest BCUT2D eigenvalue weighted by molar-refractivity contribution is 0.224. The topological polar surface area (TPSA) is 48.9 Å². The normalized spacial score (nSPS) is 12.3. The van der Waals surface area contributed by atoms with Crippen molar-refractivity contribution in [1.29, 1.82) is 0 Å². The fourth-order valence-electron chi connectivity index (χ4n) is 2.63. The molecule has 2 N–H and O–H groups in total. The van der Waals surface area contributed by atoms with Crippen molar-refractivity contribution in [2.75, 3.05) is 39.8 Å². The third-order valence-corrected chi connectivity index (χ3v) is 3.91. The summed E-state index contributed by atoms with van der Waals surface area (Å²) in [6.07, 6.45) is 1.83. The first-order chi connectivity index (χ1) is 11.7. The summed E-state index contributed by atoms with van der Waals surface area (Å²) in [6.45, 7) is 14.3. The van der Waals surface area contributed by atoms with Gasteiger partial charge in [-0.3, -0.25) is 9.89 Å². The molecule has 6 heteroatoms. The van der Waals surface area contributed by atoms with Crippen molar-refractivity contribution in [3.05, 3.63) is 42.5 Å². The second kappa shape index (κ2) is 13.9. The summed E-state index contributed by atoms with van der Waals surface area (Å²) in [4.78, 5) is 7.18. The Morgan fingerprint density at radius 3 is 2.56 bits per heavy atom. The molecule has 1 aromatic carbocycles. The number of benzene rings is 1. The molecule has 0 aliphatic rings. The third-order valence-electron chi connectivity index (χ3n) is 3.91. The van der Waals surface area contributed by atoms with Crippen LogP contribution in [0, 0.1) is 0 Å². The van der Waals surface area contributed by atoms with Gasteiger partial charge in [0.05, 0.1) is 19.7 Å². The molecule has 1 atom stereocenters. The number of likely N-dealkylation sites (N-methyl/N-ethyl adjacent to an activating group) is 1. The molecule has 25 heavy (non-hydrogen) atoms. The maximum Gasteiger partial charge on any atom is 0.191 e. The summed E-state index contributed by atoms with van der Waals surface area (Å²) in [5.41, 5.74) is 1.22. The summed E-state index contributed by atoms with van der Waals surface area (Å²) in [6, 6.07) is 8.47. The molecule has 1 aromatic rings. The van der Waals surface area contributed by atoms with Gasteiger partial charge in [0.25, 0.3) is 0 Å². The standard InChI is InChI=1S/C19H32N4O.HI/c1-6-13-21-19(20-7-2)22-15-18(23(8-3)9-4)16-11-10-12-17(14-16)24-5;/h6,10-12,14,18H,1,7-9,13,15H2,2-5H3,(H2,20,21,22);1H. The minimum Gasteiger partial charge on any atom is -0.497 e. The number of methoxy groups -OCH3 is 1. The van der Waals surface area contributed by atoms with Crippen molar-refractivity contribution in [3.63, 3.8) is 0 Å². The number of halogens is 1. The Morgan fingerprint density at radius 1 is 1.28 bits per heavy atom. The number of guanidine groups is 1. The van der Waals surface area contributed by atoms with Crippen LogP contribution < -0.4 is 15.4 Å². The van der Waals surface area contributed by atoms with E-state index in [2.05, 4.69) is 55.0 Å². The van der Waals surface area contributed by atoms with Crippen LogP contribution in [0.5, 0.6) is 5.75 Å². The van der Waals surface area contributed by atoms with Gasteiger partial charge >= 0.3 is 0 Å². The van der Waals surface area contributed by atoms with Crippen molar-refractivity contribution in [1.82, 2.24) is 15.5 Å². The van der Waals surface area contributed by atoms with Crippen molar-refractivity contribution in [3.8, 4) is 5.75 Å². The van der Waals surface area contributed by atoms with Crippen LogP contribution in [0.15, 0.2) is 41.9 Å². The molecule has 0 fully saturated rings. The van der Waals surface area contributed by atoms with Crippen molar-refractivity contribution < 1.29 is 4.74 Å². The first kappa shape index (κ1) is 23.7. The monoisotopic (exact) mass is 460 g/mol. The second-order valence-electron chi connectivity index (χ2n) is 5.40. The Bertz CT molecular complexity index is 518. The van der Waals surface area contributed by atoms with Gasteiger partial charge in [0.2, 0.25) is 0 Å². The van der Waals surface area contributed by atoms with E-state index < -0.39 is 0 Å². The van der Waals surface area contributed by atoms with E-state index in [-0.39, 0.29) is 30.0 Å². The quantitative estimate of drug-likeness (QED) is 0.243. The fourth-order valence-corrected chi connectivity index (χ4v) is 2.63. The van der Waals surface area contributed by atoms with Crippen LogP contribution in [0.25, 0.3) is 0 Å². The van der Waals surface area contributed by atoms with E-state index in [4.69, 9.17) is 9.73 Å². The molecule has 5 nitrogen and oxygen atoms in total.